The van der Waals surface area contributed by atoms with Crippen molar-refractivity contribution in [3.05, 3.63) is 114 Å². The van der Waals surface area contributed by atoms with Crippen LogP contribution in [0.2, 0.25) is 0 Å². The predicted molar refractivity (Wildman–Crippen MR) is 132 cm³/mol. The van der Waals surface area contributed by atoms with Gasteiger partial charge < -0.3 is 18.9 Å². The third-order valence-electron chi connectivity index (χ3n) is 4.49. The Morgan fingerprint density at radius 2 is 1.40 bits per heavy atom. The van der Waals surface area contributed by atoms with Crippen molar-refractivity contribution in [1.29, 1.82) is 0 Å². The van der Waals surface area contributed by atoms with E-state index in [-0.39, 0.29) is 12.4 Å². The van der Waals surface area contributed by atoms with Gasteiger partial charge in [0.1, 0.15) is 17.3 Å². The van der Waals surface area contributed by atoms with E-state index in [2.05, 4.69) is 13.2 Å². The van der Waals surface area contributed by atoms with E-state index >= 15 is 0 Å². The lowest BCUT2D eigenvalue weighted by Gasteiger charge is -2.08. The van der Waals surface area contributed by atoms with Crippen LogP contribution in [-0.2, 0) is 19.0 Å². The normalized spacial score (nSPS) is 11.3. The molecule has 0 aromatic heterocycles. The molecule has 2 aromatic rings. The number of carbonyl (C=O) groups excluding carboxylic acids is 3. The number of carbonyl (C=O) groups is 3. The van der Waals surface area contributed by atoms with E-state index < -0.39 is 17.9 Å². The van der Waals surface area contributed by atoms with Gasteiger partial charge in [-0.2, -0.15) is 0 Å². The number of benzene rings is 2. The Morgan fingerprint density at radius 1 is 0.800 bits per heavy atom. The molecule has 35 heavy (non-hydrogen) atoms. The number of ether oxygens (including phenoxy) is 4. The van der Waals surface area contributed by atoms with Crippen LogP contribution in [0.3, 0.4) is 0 Å². The molecular weight excluding hydrogens is 448 g/mol. The topological polar surface area (TPSA) is 88.1 Å². The molecule has 0 N–H and O–H groups in total. The molecule has 0 radical (unpaired) electrons. The average molecular weight is 477 g/mol. The molecule has 0 heterocycles. The van der Waals surface area contributed by atoms with Crippen LogP contribution >= 0.6 is 0 Å². The van der Waals surface area contributed by atoms with Gasteiger partial charge in [-0.25, -0.2) is 14.4 Å². The zero-order valence-corrected chi connectivity index (χ0v) is 19.8. The van der Waals surface area contributed by atoms with Crippen LogP contribution in [0.15, 0.2) is 97.5 Å². The maximum Gasteiger partial charge on any atom is 0.343 e. The zero-order valence-electron chi connectivity index (χ0n) is 19.8. The van der Waals surface area contributed by atoms with Crippen molar-refractivity contribution in [2.45, 2.75) is 20.3 Å². The molecule has 0 fully saturated rings. The van der Waals surface area contributed by atoms with E-state index in [1.807, 2.05) is 19.1 Å². The minimum Gasteiger partial charge on any atom is -0.493 e. The standard InChI is InChI=1S/C28H28O7/c1-5-24(15-10-21(4)34-27(30)22-11-8-20(3)9-12-22)35-28(31)23-13-16-25(17-14-23)32-18-7-19-33-26(29)6-2/h5-6,8-17H,1-2,7,18-19H2,3-4H3/b21-10+,24-15+. The second-order valence-electron chi connectivity index (χ2n) is 7.29. The highest BCUT2D eigenvalue weighted by molar-refractivity contribution is 5.91. The van der Waals surface area contributed by atoms with E-state index in [4.69, 9.17) is 18.9 Å². The molecule has 0 atom stereocenters. The second-order valence-corrected chi connectivity index (χ2v) is 7.29. The zero-order chi connectivity index (χ0) is 25.6. The highest BCUT2D eigenvalue weighted by atomic mass is 16.5. The van der Waals surface area contributed by atoms with Crippen molar-refractivity contribution in [1.82, 2.24) is 0 Å². The quantitative estimate of drug-likeness (QED) is 0.100. The van der Waals surface area contributed by atoms with Gasteiger partial charge in [0.05, 0.1) is 24.3 Å². The van der Waals surface area contributed by atoms with E-state index in [1.165, 1.54) is 18.2 Å². The van der Waals surface area contributed by atoms with Gasteiger partial charge in [-0.15, -0.1) is 0 Å². The summed E-state index contributed by atoms with van der Waals surface area (Å²) in [7, 11) is 0. The lowest BCUT2D eigenvalue weighted by Crippen LogP contribution is -2.07. The first kappa shape index (κ1) is 26.9. The lowest BCUT2D eigenvalue weighted by atomic mass is 10.1. The maximum absolute atomic E-state index is 12.4. The van der Waals surface area contributed by atoms with Gasteiger partial charge in [-0.05, 0) is 68.5 Å². The first-order chi connectivity index (χ1) is 16.8. The van der Waals surface area contributed by atoms with Gasteiger partial charge in [-0.3, -0.25) is 0 Å². The minimum absolute atomic E-state index is 0.190. The summed E-state index contributed by atoms with van der Waals surface area (Å²) in [5, 5.41) is 0. The summed E-state index contributed by atoms with van der Waals surface area (Å²) >= 11 is 0. The summed E-state index contributed by atoms with van der Waals surface area (Å²) < 4.78 is 21.1. The van der Waals surface area contributed by atoms with Crippen LogP contribution in [0.1, 0.15) is 39.6 Å². The fraction of sp³-hybridized carbons (Fsp3) is 0.179. The summed E-state index contributed by atoms with van der Waals surface area (Å²) in [6.07, 6.45) is 5.99. The first-order valence-electron chi connectivity index (χ1n) is 10.9. The SMILES string of the molecule is C=CC(=O)OCCCOc1ccc(C(=O)O/C(C=C)=C/C=C(\C)OC(=O)c2ccc(C)cc2)cc1. The smallest absolute Gasteiger partial charge is 0.343 e. The van der Waals surface area contributed by atoms with Gasteiger partial charge in [0, 0.05) is 12.5 Å². The first-order valence-corrected chi connectivity index (χ1v) is 10.9. The van der Waals surface area contributed by atoms with Crippen LogP contribution in [0.4, 0.5) is 0 Å². The number of aryl methyl sites for hydroxylation is 1. The monoisotopic (exact) mass is 476 g/mol. The largest absolute Gasteiger partial charge is 0.493 e. The lowest BCUT2D eigenvalue weighted by molar-refractivity contribution is -0.137. The predicted octanol–water partition coefficient (Wildman–Crippen LogP) is 5.48. The third kappa shape index (κ3) is 9.55. The van der Waals surface area contributed by atoms with Crippen molar-refractivity contribution >= 4 is 17.9 Å². The van der Waals surface area contributed by atoms with Crippen LogP contribution in [-0.4, -0.2) is 31.1 Å². The molecule has 2 aromatic carbocycles. The highest BCUT2D eigenvalue weighted by Gasteiger charge is 2.10. The number of esters is 3. The Kier molecular flexibility index (Phi) is 10.7. The number of hydrogen-bond acceptors (Lipinski definition) is 7. The van der Waals surface area contributed by atoms with Crippen LogP contribution in [0.5, 0.6) is 5.75 Å². The van der Waals surface area contributed by atoms with E-state index in [1.54, 1.807) is 43.3 Å². The molecule has 7 heteroatoms. The summed E-state index contributed by atoms with van der Waals surface area (Å²) in [6, 6.07) is 13.4. The van der Waals surface area contributed by atoms with Gasteiger partial charge in [0.25, 0.3) is 0 Å². The molecule has 0 aliphatic carbocycles. The molecule has 0 unspecified atom stereocenters. The molecule has 0 aliphatic heterocycles. The Balaban J connectivity index is 1.87. The molecule has 0 saturated heterocycles. The van der Waals surface area contributed by atoms with Crippen molar-refractivity contribution in [2.24, 2.45) is 0 Å². The van der Waals surface area contributed by atoms with Crippen LogP contribution in [0, 0.1) is 6.92 Å². The Hall–Kier alpha value is -4.39. The fourth-order valence-corrected chi connectivity index (χ4v) is 2.61. The molecule has 0 saturated carbocycles. The summed E-state index contributed by atoms with van der Waals surface area (Å²) in [6.45, 7) is 11.1. The summed E-state index contributed by atoms with van der Waals surface area (Å²) in [5.41, 5.74) is 1.79. The Bertz CT molecular complexity index is 1110. The van der Waals surface area contributed by atoms with E-state index in [9.17, 15) is 14.4 Å². The third-order valence-corrected chi connectivity index (χ3v) is 4.49. The number of allylic oxidation sites excluding steroid dienone is 4. The number of hydrogen-bond donors (Lipinski definition) is 0. The summed E-state index contributed by atoms with van der Waals surface area (Å²) in [5.74, 6) is -0.465. The Labute approximate surface area is 205 Å². The minimum atomic E-state index is -0.582. The molecule has 0 bridgehead atoms. The molecule has 0 spiro atoms. The number of rotatable bonds is 12. The van der Waals surface area contributed by atoms with Crippen molar-refractivity contribution < 1.29 is 33.3 Å². The molecule has 182 valence electrons. The van der Waals surface area contributed by atoms with Gasteiger partial charge in [0.15, 0.2) is 0 Å². The van der Waals surface area contributed by atoms with Crippen LogP contribution < -0.4 is 4.74 Å². The molecule has 2 rings (SSSR count). The van der Waals surface area contributed by atoms with Gasteiger partial charge in [-0.1, -0.05) is 30.9 Å². The van der Waals surface area contributed by atoms with Gasteiger partial charge in [0.2, 0.25) is 0 Å². The Morgan fingerprint density at radius 3 is 2.00 bits per heavy atom. The molecule has 7 nitrogen and oxygen atoms in total. The molecular formula is C28H28O7. The second kappa shape index (κ2) is 14.0. The van der Waals surface area contributed by atoms with E-state index in [0.717, 1.165) is 11.6 Å². The average Bonchev–Trinajstić information content (AvgIpc) is 2.86. The van der Waals surface area contributed by atoms with E-state index in [0.29, 0.717) is 35.7 Å². The van der Waals surface area contributed by atoms with Crippen molar-refractivity contribution in [3.8, 4) is 5.75 Å². The highest BCUT2D eigenvalue weighted by Crippen LogP contribution is 2.15. The summed E-state index contributed by atoms with van der Waals surface area (Å²) in [4.78, 5) is 35.6. The van der Waals surface area contributed by atoms with Crippen LogP contribution in [0.25, 0.3) is 0 Å². The van der Waals surface area contributed by atoms with Crippen molar-refractivity contribution in [3.63, 3.8) is 0 Å². The van der Waals surface area contributed by atoms with Crippen molar-refractivity contribution in [2.75, 3.05) is 13.2 Å². The fourth-order valence-electron chi connectivity index (χ4n) is 2.61. The molecule has 0 amide bonds. The maximum atomic E-state index is 12.4. The van der Waals surface area contributed by atoms with Gasteiger partial charge >= 0.3 is 17.9 Å². The molecule has 0 aliphatic rings.